The Kier molecular flexibility index (Phi) is 6.40. The topological polar surface area (TPSA) is 116 Å². The van der Waals surface area contributed by atoms with Crippen molar-refractivity contribution >= 4 is 29.3 Å². The van der Waals surface area contributed by atoms with Crippen molar-refractivity contribution in [2.75, 3.05) is 44.2 Å². The van der Waals surface area contributed by atoms with Gasteiger partial charge in [0.25, 0.3) is 11.8 Å². The number of carbonyl (C=O) groups is 4. The Morgan fingerprint density at radius 2 is 1.56 bits per heavy atom. The number of imide groups is 2. The van der Waals surface area contributed by atoms with E-state index >= 15 is 0 Å². The monoisotopic (exact) mass is 467 g/mol. The Morgan fingerprint density at radius 3 is 2.21 bits per heavy atom. The second-order valence-corrected chi connectivity index (χ2v) is 9.94. The van der Waals surface area contributed by atoms with Gasteiger partial charge in [0.15, 0.2) is 0 Å². The van der Waals surface area contributed by atoms with Crippen LogP contribution in [-0.4, -0.2) is 78.7 Å². The van der Waals surface area contributed by atoms with Gasteiger partial charge in [0.2, 0.25) is 11.8 Å². The van der Waals surface area contributed by atoms with Gasteiger partial charge in [-0.1, -0.05) is 6.07 Å². The lowest BCUT2D eigenvalue weighted by Gasteiger charge is -2.41. The van der Waals surface area contributed by atoms with Crippen LogP contribution in [0.5, 0.6) is 0 Å². The number of nitrogens with zero attached hydrogens (tertiary/aromatic N) is 3. The van der Waals surface area contributed by atoms with Crippen LogP contribution < -0.4 is 16.0 Å². The number of likely N-dealkylation sites (tertiary alicyclic amines) is 1. The smallest absolute Gasteiger partial charge is 0.264 e. The summed E-state index contributed by atoms with van der Waals surface area (Å²) in [6.45, 7) is 5.65. The van der Waals surface area contributed by atoms with Crippen LogP contribution in [0.4, 0.5) is 5.69 Å². The van der Waals surface area contributed by atoms with E-state index in [1.807, 2.05) is 12.1 Å². The first-order valence-electron chi connectivity index (χ1n) is 12.5. The molecule has 1 aromatic rings. The Balaban J connectivity index is 1.27. The first-order valence-corrected chi connectivity index (χ1v) is 12.5. The minimum Gasteiger partial charge on any atom is -0.371 e. The molecule has 4 aliphatic rings. The minimum atomic E-state index is -0.936. The van der Waals surface area contributed by atoms with E-state index in [9.17, 15) is 19.2 Å². The molecule has 0 aliphatic carbocycles. The van der Waals surface area contributed by atoms with Crippen molar-refractivity contribution in [3.8, 4) is 0 Å². The third-order valence-electron chi connectivity index (χ3n) is 8.07. The summed E-state index contributed by atoms with van der Waals surface area (Å²) in [6.07, 6.45) is 4.88. The molecule has 4 aliphatic heterocycles. The normalized spacial score (nSPS) is 25.1. The van der Waals surface area contributed by atoms with E-state index in [1.165, 1.54) is 12.8 Å². The Morgan fingerprint density at radius 1 is 0.882 bits per heavy atom. The number of fused-ring (bicyclic) bond motifs is 1. The van der Waals surface area contributed by atoms with Crippen molar-refractivity contribution in [2.45, 2.75) is 44.6 Å². The minimum absolute atomic E-state index is 0.120. The summed E-state index contributed by atoms with van der Waals surface area (Å²) in [5.41, 5.74) is 7.22. The van der Waals surface area contributed by atoms with Gasteiger partial charge in [-0.3, -0.25) is 29.4 Å². The Bertz CT molecular complexity index is 995. The maximum Gasteiger partial charge on any atom is 0.264 e. The molecule has 0 bridgehead atoms. The van der Waals surface area contributed by atoms with Gasteiger partial charge in [-0.15, -0.1) is 0 Å². The van der Waals surface area contributed by atoms with E-state index in [4.69, 9.17) is 5.73 Å². The summed E-state index contributed by atoms with van der Waals surface area (Å²) >= 11 is 0. The van der Waals surface area contributed by atoms with Crippen molar-refractivity contribution in [2.24, 2.45) is 17.6 Å². The Labute approximate surface area is 199 Å². The summed E-state index contributed by atoms with van der Waals surface area (Å²) in [4.78, 5) is 56.1. The summed E-state index contributed by atoms with van der Waals surface area (Å²) in [5.74, 6) is -0.402. The lowest BCUT2D eigenvalue weighted by molar-refractivity contribution is -0.136. The molecule has 182 valence electrons. The van der Waals surface area contributed by atoms with Crippen molar-refractivity contribution in [3.05, 3.63) is 29.3 Å². The highest BCUT2D eigenvalue weighted by atomic mass is 16.2. The molecule has 0 aromatic heterocycles. The predicted octanol–water partition coefficient (Wildman–Crippen LogP) is 0.975. The number of piperidine rings is 3. The molecule has 0 radical (unpaired) electrons. The maximum atomic E-state index is 13.4. The number of nitrogens with one attached hydrogen (secondary N) is 1. The average Bonchev–Trinajstić information content (AvgIpc) is 3.10. The molecule has 0 spiro atoms. The lowest BCUT2D eigenvalue weighted by atomic mass is 9.78. The number of carbonyl (C=O) groups excluding carboxylic acids is 4. The molecule has 0 saturated carbocycles. The average molecular weight is 468 g/mol. The zero-order valence-electron chi connectivity index (χ0n) is 19.5. The highest BCUT2D eigenvalue weighted by Gasteiger charge is 2.46. The molecule has 9 heteroatoms. The molecule has 1 atom stereocenters. The standard InChI is InChI=1S/C25H33N5O4/c26-10-15-28-11-6-16(7-12-28)17-8-13-29(14-9-17)19-3-1-2-18-22(19)25(34)30(24(18)33)20-4-5-21(31)27-23(20)32/h1-3,16-17,20H,4-15,26H2,(H,27,31,32). The second-order valence-electron chi connectivity index (χ2n) is 9.94. The molecule has 3 N–H and O–H groups in total. The van der Waals surface area contributed by atoms with Crippen LogP contribution in [0.3, 0.4) is 0 Å². The van der Waals surface area contributed by atoms with Crippen molar-refractivity contribution in [1.29, 1.82) is 0 Å². The van der Waals surface area contributed by atoms with Crippen LogP contribution in [0.2, 0.25) is 0 Å². The van der Waals surface area contributed by atoms with Crippen molar-refractivity contribution in [3.63, 3.8) is 0 Å². The first-order chi connectivity index (χ1) is 16.5. The fourth-order valence-electron chi connectivity index (χ4n) is 6.20. The summed E-state index contributed by atoms with van der Waals surface area (Å²) in [6, 6.07) is 4.44. The zero-order valence-corrected chi connectivity index (χ0v) is 19.5. The van der Waals surface area contributed by atoms with Gasteiger partial charge in [0.1, 0.15) is 6.04 Å². The summed E-state index contributed by atoms with van der Waals surface area (Å²) in [5, 5.41) is 2.25. The molecule has 3 saturated heterocycles. The summed E-state index contributed by atoms with van der Waals surface area (Å²) < 4.78 is 0. The van der Waals surface area contributed by atoms with Crippen LogP contribution in [0.25, 0.3) is 0 Å². The number of rotatable bonds is 5. The van der Waals surface area contributed by atoms with Crippen molar-refractivity contribution < 1.29 is 19.2 Å². The highest BCUT2D eigenvalue weighted by molar-refractivity contribution is 6.25. The van der Waals surface area contributed by atoms with Gasteiger partial charge in [-0.2, -0.15) is 0 Å². The predicted molar refractivity (Wildman–Crippen MR) is 126 cm³/mol. The van der Waals surface area contributed by atoms with Gasteiger partial charge >= 0.3 is 0 Å². The zero-order chi connectivity index (χ0) is 23.8. The summed E-state index contributed by atoms with van der Waals surface area (Å²) in [7, 11) is 0. The molecule has 5 rings (SSSR count). The first kappa shape index (κ1) is 23.0. The quantitative estimate of drug-likeness (QED) is 0.620. The van der Waals surface area contributed by atoms with E-state index < -0.39 is 23.8 Å². The molecule has 1 aromatic carbocycles. The third-order valence-corrected chi connectivity index (χ3v) is 8.07. The number of benzene rings is 1. The van der Waals surface area contributed by atoms with Crippen LogP contribution >= 0.6 is 0 Å². The molecule has 1 unspecified atom stereocenters. The van der Waals surface area contributed by atoms with Crippen LogP contribution in [0, 0.1) is 11.8 Å². The SMILES string of the molecule is NCCN1CCC(C2CCN(c3cccc4c3C(=O)N(C3CCC(=O)NC3=O)C4=O)CC2)CC1. The Hall–Kier alpha value is -2.78. The van der Waals surface area contributed by atoms with Gasteiger partial charge in [-0.05, 0) is 69.2 Å². The van der Waals surface area contributed by atoms with Gasteiger partial charge in [0, 0.05) is 32.6 Å². The second kappa shape index (κ2) is 9.46. The van der Waals surface area contributed by atoms with E-state index in [2.05, 4.69) is 15.1 Å². The third kappa shape index (κ3) is 4.11. The number of hydrogen-bond donors (Lipinski definition) is 2. The van der Waals surface area contributed by atoms with E-state index in [0.717, 1.165) is 62.1 Å². The lowest BCUT2D eigenvalue weighted by Crippen LogP contribution is -2.54. The van der Waals surface area contributed by atoms with Crippen LogP contribution in [0.15, 0.2) is 18.2 Å². The molecule has 34 heavy (non-hydrogen) atoms. The number of nitrogens with two attached hydrogens (primary N) is 1. The fourth-order valence-corrected chi connectivity index (χ4v) is 6.20. The molecular weight excluding hydrogens is 434 g/mol. The van der Waals surface area contributed by atoms with Crippen LogP contribution in [-0.2, 0) is 9.59 Å². The molecule has 4 amide bonds. The van der Waals surface area contributed by atoms with Gasteiger partial charge in [-0.25, -0.2) is 0 Å². The highest BCUT2D eigenvalue weighted by Crippen LogP contribution is 2.38. The van der Waals surface area contributed by atoms with E-state index in [-0.39, 0.29) is 18.7 Å². The van der Waals surface area contributed by atoms with Crippen molar-refractivity contribution in [1.82, 2.24) is 15.1 Å². The molecular formula is C25H33N5O4. The largest absolute Gasteiger partial charge is 0.371 e. The number of hydrogen-bond acceptors (Lipinski definition) is 7. The van der Waals surface area contributed by atoms with Gasteiger partial charge < -0.3 is 15.5 Å². The van der Waals surface area contributed by atoms with Crippen LogP contribution in [0.1, 0.15) is 59.2 Å². The fraction of sp³-hybridized carbons (Fsp3) is 0.600. The molecule has 4 heterocycles. The maximum absolute atomic E-state index is 13.4. The van der Waals surface area contributed by atoms with E-state index in [1.54, 1.807) is 6.07 Å². The molecule has 9 nitrogen and oxygen atoms in total. The van der Waals surface area contributed by atoms with Gasteiger partial charge in [0.05, 0.1) is 16.8 Å². The number of anilines is 1. The number of amides is 4. The van der Waals surface area contributed by atoms with E-state index in [0.29, 0.717) is 23.6 Å². The molecule has 3 fully saturated rings.